The van der Waals surface area contributed by atoms with Crippen LogP contribution in [-0.4, -0.2) is 35.7 Å². The molecule has 0 aromatic heterocycles. The molecule has 5 rings (SSSR count). The summed E-state index contributed by atoms with van der Waals surface area (Å²) in [5, 5.41) is 11.4. The highest BCUT2D eigenvalue weighted by Gasteiger charge is 2.35. The highest BCUT2D eigenvalue weighted by atomic mass is 32.2. The molecule has 0 saturated carbocycles. The van der Waals surface area contributed by atoms with Gasteiger partial charge in [0.2, 0.25) is 12.5 Å². The molecule has 0 bridgehead atoms. The second-order valence-corrected chi connectivity index (χ2v) is 7.96. The fourth-order valence-electron chi connectivity index (χ4n) is 3.61. The van der Waals surface area contributed by atoms with Crippen molar-refractivity contribution in [3.05, 3.63) is 52.5 Å². The predicted molar refractivity (Wildman–Crippen MR) is 113 cm³/mol. The number of rotatable bonds is 4. The average molecular weight is 424 g/mol. The van der Waals surface area contributed by atoms with Crippen molar-refractivity contribution < 1.29 is 19.0 Å². The minimum atomic E-state index is -0.540. The molecule has 1 atom stereocenters. The fraction of sp³-hybridized carbons (Fsp3) is 0.286. The molecular weight excluding hydrogens is 404 g/mol. The Morgan fingerprint density at radius 3 is 3.00 bits per heavy atom. The van der Waals surface area contributed by atoms with Gasteiger partial charge in [0.15, 0.2) is 22.8 Å². The van der Waals surface area contributed by atoms with E-state index in [1.54, 1.807) is 12.1 Å². The number of hydrogen-bond donors (Lipinski definition) is 1. The van der Waals surface area contributed by atoms with E-state index in [0.29, 0.717) is 28.1 Å². The Balaban J connectivity index is 1.69. The summed E-state index contributed by atoms with van der Waals surface area (Å²) in [6.07, 6.45) is 0.438. The second kappa shape index (κ2) is 7.56. The number of fused-ring (bicyclic) bond motifs is 3. The van der Waals surface area contributed by atoms with Crippen LogP contribution < -0.4 is 30.1 Å². The number of amidine groups is 1. The summed E-state index contributed by atoms with van der Waals surface area (Å²) in [7, 11) is 1.58. The van der Waals surface area contributed by atoms with E-state index in [2.05, 4.69) is 12.2 Å². The van der Waals surface area contributed by atoms with Crippen LogP contribution in [0.4, 0.5) is 0 Å². The summed E-state index contributed by atoms with van der Waals surface area (Å²) in [6.45, 7) is 2.23. The summed E-state index contributed by atoms with van der Waals surface area (Å²) >= 11 is 1.52. The number of para-hydroxylation sites is 1. The summed E-state index contributed by atoms with van der Waals surface area (Å²) in [5.41, 5.74) is 1.27. The molecule has 3 aliphatic rings. The lowest BCUT2D eigenvalue weighted by molar-refractivity contribution is -0.116. The molecule has 1 amide bonds. The second-order valence-electron chi connectivity index (χ2n) is 6.88. The van der Waals surface area contributed by atoms with E-state index in [4.69, 9.17) is 24.3 Å². The molecule has 0 fully saturated rings. The smallest absolute Gasteiger partial charge is 0.276 e. The van der Waals surface area contributed by atoms with Crippen molar-refractivity contribution in [3.8, 4) is 17.2 Å². The normalized spacial score (nSPS) is 18.8. The number of nitrogens with zero attached hydrogens (tertiary/aromatic N) is 3. The molecular formula is C21H20N4O4S. The number of ether oxygens (including phenoxy) is 3. The molecule has 30 heavy (non-hydrogen) atoms. The van der Waals surface area contributed by atoms with Crippen LogP contribution in [0.2, 0.25) is 0 Å². The number of amides is 1. The topological polar surface area (TPSA) is 84.8 Å². The monoisotopic (exact) mass is 424 g/mol. The van der Waals surface area contributed by atoms with E-state index in [9.17, 15) is 4.79 Å². The maximum absolute atomic E-state index is 13.1. The number of hydrogen-bond acceptors (Lipinski definition) is 8. The van der Waals surface area contributed by atoms with Gasteiger partial charge >= 0.3 is 0 Å². The minimum Gasteiger partial charge on any atom is -0.493 e. The maximum Gasteiger partial charge on any atom is 0.276 e. The maximum atomic E-state index is 13.1. The minimum absolute atomic E-state index is 0.138. The first-order valence-electron chi connectivity index (χ1n) is 9.66. The quantitative estimate of drug-likeness (QED) is 0.805. The zero-order valence-corrected chi connectivity index (χ0v) is 17.4. The first kappa shape index (κ1) is 18.8. The van der Waals surface area contributed by atoms with Gasteiger partial charge < -0.3 is 14.2 Å². The Morgan fingerprint density at radius 1 is 1.30 bits per heavy atom. The lowest BCUT2D eigenvalue weighted by Crippen LogP contribution is -2.50. The molecule has 3 aliphatic heterocycles. The fourth-order valence-corrected chi connectivity index (χ4v) is 4.32. The van der Waals surface area contributed by atoms with Gasteiger partial charge in [0.1, 0.15) is 5.70 Å². The predicted octanol–water partition coefficient (Wildman–Crippen LogP) is 1.71. The van der Waals surface area contributed by atoms with Crippen LogP contribution in [0.1, 0.15) is 25.1 Å². The van der Waals surface area contributed by atoms with E-state index >= 15 is 0 Å². The number of carbonyl (C=O) groups excluding carboxylic acids is 1. The molecule has 154 valence electrons. The van der Waals surface area contributed by atoms with Crippen molar-refractivity contribution in [2.45, 2.75) is 19.5 Å². The molecule has 2 aromatic carbocycles. The first-order chi connectivity index (χ1) is 14.7. The summed E-state index contributed by atoms with van der Waals surface area (Å²) in [5.74, 6) is 2.38. The summed E-state index contributed by atoms with van der Waals surface area (Å²) < 4.78 is 16.6. The Labute approximate surface area is 177 Å². The van der Waals surface area contributed by atoms with Gasteiger partial charge in [0.25, 0.3) is 5.91 Å². The molecule has 1 N–H and O–H groups in total. The molecule has 8 nitrogen and oxygen atoms in total. The molecule has 0 saturated heterocycles. The lowest BCUT2D eigenvalue weighted by atomic mass is 10.1. The van der Waals surface area contributed by atoms with E-state index in [-0.39, 0.29) is 12.7 Å². The van der Waals surface area contributed by atoms with Gasteiger partial charge in [0, 0.05) is 16.5 Å². The average Bonchev–Trinajstić information content (AvgIpc) is 3.25. The van der Waals surface area contributed by atoms with E-state index < -0.39 is 6.17 Å². The zero-order chi connectivity index (χ0) is 20.7. The van der Waals surface area contributed by atoms with Gasteiger partial charge in [-0.2, -0.15) is 0 Å². The molecule has 0 radical (unpaired) electrons. The van der Waals surface area contributed by atoms with Gasteiger partial charge in [-0.3, -0.25) is 15.1 Å². The number of methoxy groups -OCH3 is 1. The van der Waals surface area contributed by atoms with Crippen LogP contribution in [0, 0.1) is 0 Å². The van der Waals surface area contributed by atoms with E-state index in [0.717, 1.165) is 28.3 Å². The van der Waals surface area contributed by atoms with Gasteiger partial charge in [0.05, 0.1) is 12.5 Å². The van der Waals surface area contributed by atoms with Crippen molar-refractivity contribution in [2.24, 2.45) is 10.1 Å². The number of nitrogens with one attached hydrogen (secondary N) is 1. The van der Waals surface area contributed by atoms with Crippen molar-refractivity contribution in [1.29, 1.82) is 0 Å². The van der Waals surface area contributed by atoms with Gasteiger partial charge in [-0.25, -0.2) is 5.01 Å². The van der Waals surface area contributed by atoms with Gasteiger partial charge in [-0.15, -0.1) is 5.10 Å². The van der Waals surface area contributed by atoms with Crippen molar-refractivity contribution in [1.82, 2.24) is 10.3 Å². The van der Waals surface area contributed by atoms with Gasteiger partial charge in [-0.05, 0) is 24.6 Å². The molecule has 0 spiro atoms. The SMILES string of the molecule is CCCSC1=NN2C(=c3ccccc3=N[C@H]2c2cc(OC)c3c(c2)OCO3)C(=O)N1. The molecule has 0 aliphatic carbocycles. The Hall–Kier alpha value is -3.20. The van der Waals surface area contributed by atoms with Gasteiger partial charge in [-0.1, -0.05) is 36.9 Å². The highest BCUT2D eigenvalue weighted by Crippen LogP contribution is 2.44. The van der Waals surface area contributed by atoms with Crippen molar-refractivity contribution in [2.75, 3.05) is 19.7 Å². The number of carbonyl (C=O) groups is 1. The largest absolute Gasteiger partial charge is 0.493 e. The third-order valence-corrected chi connectivity index (χ3v) is 6.01. The third-order valence-electron chi connectivity index (χ3n) is 4.94. The number of thioether (sulfide) groups is 1. The number of benzene rings is 2. The Morgan fingerprint density at radius 2 is 2.17 bits per heavy atom. The third kappa shape index (κ3) is 3.06. The molecule has 9 heteroatoms. The summed E-state index contributed by atoms with van der Waals surface area (Å²) in [6, 6.07) is 11.3. The van der Waals surface area contributed by atoms with Crippen LogP contribution in [0.5, 0.6) is 17.2 Å². The van der Waals surface area contributed by atoms with Crippen molar-refractivity contribution >= 4 is 28.5 Å². The Bertz CT molecular complexity index is 1180. The van der Waals surface area contributed by atoms with Crippen LogP contribution in [0.15, 0.2) is 46.5 Å². The highest BCUT2D eigenvalue weighted by molar-refractivity contribution is 8.13. The Kier molecular flexibility index (Phi) is 4.74. The van der Waals surface area contributed by atoms with Crippen LogP contribution >= 0.6 is 11.8 Å². The number of hydrazone groups is 1. The first-order valence-corrected chi connectivity index (χ1v) is 10.6. The van der Waals surface area contributed by atoms with Crippen LogP contribution in [0.3, 0.4) is 0 Å². The van der Waals surface area contributed by atoms with Crippen LogP contribution in [-0.2, 0) is 4.79 Å². The molecule has 0 unspecified atom stereocenters. The lowest BCUT2D eigenvalue weighted by Gasteiger charge is -2.34. The van der Waals surface area contributed by atoms with E-state index in [1.165, 1.54) is 11.8 Å². The summed E-state index contributed by atoms with van der Waals surface area (Å²) in [4.78, 5) is 18.0. The molecule has 2 aromatic rings. The van der Waals surface area contributed by atoms with Crippen LogP contribution in [0.25, 0.3) is 5.70 Å². The standard InChI is InChI=1S/C21H20N4O4S/c1-3-8-30-21-23-20(26)17-13-6-4-5-7-14(13)22-19(25(17)24-21)12-9-15(27-2)18-16(10-12)28-11-29-18/h4-7,9-10,19H,3,8,11H2,1-2H3,(H,23,24,26)/t19-/m1/s1. The molecule has 3 heterocycles. The van der Waals surface area contributed by atoms with E-state index in [1.807, 2.05) is 36.4 Å². The zero-order valence-electron chi connectivity index (χ0n) is 16.5. The van der Waals surface area contributed by atoms with Crippen molar-refractivity contribution in [3.63, 3.8) is 0 Å².